The Hall–Kier alpha value is -1.93. The van der Waals surface area contributed by atoms with Crippen LogP contribution in [-0.4, -0.2) is 51.7 Å². The minimum absolute atomic E-state index is 0.00227. The van der Waals surface area contributed by atoms with Gasteiger partial charge in [-0.05, 0) is 29.6 Å². The molecule has 24 heavy (non-hydrogen) atoms. The van der Waals surface area contributed by atoms with Gasteiger partial charge in [0.25, 0.3) is 5.91 Å². The summed E-state index contributed by atoms with van der Waals surface area (Å²) in [4.78, 5) is 16.6. The standard InChI is InChI=1S/C16H17FN2O3S2/c1-24(21,22)12-4-5-14(13(17)11-12)18-6-8-19(9-7-18)16(20)15-3-2-10-23-15/h2-5,10-11H,6-9H2,1H3. The highest BCUT2D eigenvalue weighted by Crippen LogP contribution is 2.24. The lowest BCUT2D eigenvalue weighted by Crippen LogP contribution is -2.48. The number of piperazine rings is 1. The number of nitrogens with zero attached hydrogens (tertiary/aromatic N) is 2. The number of hydrogen-bond donors (Lipinski definition) is 0. The molecule has 0 bridgehead atoms. The zero-order chi connectivity index (χ0) is 17.3. The van der Waals surface area contributed by atoms with E-state index in [9.17, 15) is 17.6 Å². The number of benzene rings is 1. The van der Waals surface area contributed by atoms with Crippen LogP contribution in [0.3, 0.4) is 0 Å². The van der Waals surface area contributed by atoms with Crippen molar-refractivity contribution in [3.63, 3.8) is 0 Å². The predicted octanol–water partition coefficient (Wildman–Crippen LogP) is 2.25. The normalized spacial score (nSPS) is 15.6. The molecular formula is C16H17FN2O3S2. The molecule has 2 heterocycles. The van der Waals surface area contributed by atoms with Crippen LogP contribution in [0, 0.1) is 5.82 Å². The van der Waals surface area contributed by atoms with Crippen LogP contribution in [0.4, 0.5) is 10.1 Å². The average Bonchev–Trinajstić information content (AvgIpc) is 3.08. The van der Waals surface area contributed by atoms with E-state index in [0.717, 1.165) is 12.3 Å². The molecule has 0 unspecified atom stereocenters. The van der Waals surface area contributed by atoms with Gasteiger partial charge in [0, 0.05) is 32.4 Å². The number of sulfone groups is 1. The molecule has 0 spiro atoms. The first-order valence-corrected chi connectivity index (χ1v) is 10.2. The summed E-state index contributed by atoms with van der Waals surface area (Å²) >= 11 is 1.41. The van der Waals surface area contributed by atoms with Crippen LogP contribution in [0.15, 0.2) is 40.6 Å². The fraction of sp³-hybridized carbons (Fsp3) is 0.312. The summed E-state index contributed by atoms with van der Waals surface area (Å²) in [5.41, 5.74) is 0.366. The van der Waals surface area contributed by atoms with E-state index < -0.39 is 15.7 Å². The first kappa shape index (κ1) is 16.9. The summed E-state index contributed by atoms with van der Waals surface area (Å²) in [6.07, 6.45) is 1.05. The maximum Gasteiger partial charge on any atom is 0.264 e. The molecule has 3 rings (SSSR count). The van der Waals surface area contributed by atoms with E-state index in [0.29, 0.717) is 36.7 Å². The highest BCUT2D eigenvalue weighted by atomic mass is 32.2. The van der Waals surface area contributed by atoms with Gasteiger partial charge < -0.3 is 9.80 Å². The Kier molecular flexibility index (Phi) is 4.60. The third-order valence-electron chi connectivity index (χ3n) is 3.99. The van der Waals surface area contributed by atoms with Crippen molar-refractivity contribution in [2.75, 3.05) is 37.3 Å². The van der Waals surface area contributed by atoms with Crippen molar-refractivity contribution in [2.45, 2.75) is 4.90 Å². The second-order valence-electron chi connectivity index (χ2n) is 5.64. The van der Waals surface area contributed by atoms with Gasteiger partial charge in [-0.2, -0.15) is 0 Å². The number of carbonyl (C=O) groups is 1. The number of rotatable bonds is 3. The number of thiophene rings is 1. The number of amides is 1. The minimum Gasteiger partial charge on any atom is -0.366 e. The molecule has 1 aromatic heterocycles. The van der Waals surface area contributed by atoms with E-state index in [4.69, 9.17) is 0 Å². The van der Waals surface area contributed by atoms with Crippen molar-refractivity contribution in [1.29, 1.82) is 0 Å². The quantitative estimate of drug-likeness (QED) is 0.834. The van der Waals surface area contributed by atoms with E-state index in [2.05, 4.69) is 0 Å². The Bertz CT molecular complexity index is 842. The van der Waals surface area contributed by atoms with Crippen molar-refractivity contribution in [3.05, 3.63) is 46.4 Å². The minimum atomic E-state index is -3.43. The topological polar surface area (TPSA) is 57.7 Å². The van der Waals surface area contributed by atoms with E-state index >= 15 is 0 Å². The molecule has 8 heteroatoms. The predicted molar refractivity (Wildman–Crippen MR) is 91.9 cm³/mol. The van der Waals surface area contributed by atoms with Gasteiger partial charge in [0.1, 0.15) is 5.82 Å². The maximum absolute atomic E-state index is 14.3. The van der Waals surface area contributed by atoms with Gasteiger partial charge in [-0.3, -0.25) is 4.79 Å². The molecule has 1 aliphatic heterocycles. The smallest absolute Gasteiger partial charge is 0.264 e. The van der Waals surface area contributed by atoms with Crippen LogP contribution in [0.25, 0.3) is 0 Å². The highest BCUT2D eigenvalue weighted by Gasteiger charge is 2.24. The fourth-order valence-electron chi connectivity index (χ4n) is 2.68. The molecule has 1 aromatic carbocycles. The summed E-state index contributed by atoms with van der Waals surface area (Å²) in [7, 11) is -3.43. The molecule has 1 aliphatic rings. The molecule has 5 nitrogen and oxygen atoms in total. The molecule has 0 radical (unpaired) electrons. The lowest BCUT2D eigenvalue weighted by Gasteiger charge is -2.36. The summed E-state index contributed by atoms with van der Waals surface area (Å²) in [5, 5.41) is 1.86. The van der Waals surface area contributed by atoms with Crippen molar-refractivity contribution >= 4 is 32.8 Å². The Labute approximate surface area is 144 Å². The number of halogens is 1. The molecule has 0 saturated carbocycles. The second-order valence-corrected chi connectivity index (χ2v) is 8.61. The Morgan fingerprint density at radius 3 is 2.42 bits per heavy atom. The van der Waals surface area contributed by atoms with Crippen LogP contribution < -0.4 is 4.90 Å². The fourth-order valence-corrected chi connectivity index (χ4v) is 4.00. The van der Waals surface area contributed by atoms with Gasteiger partial charge >= 0.3 is 0 Å². The molecule has 1 saturated heterocycles. The van der Waals surface area contributed by atoms with Gasteiger partial charge in [-0.15, -0.1) is 11.3 Å². The van der Waals surface area contributed by atoms with Crippen molar-refractivity contribution < 1.29 is 17.6 Å². The molecule has 128 valence electrons. The number of anilines is 1. The van der Waals surface area contributed by atoms with Crippen LogP contribution in [0.1, 0.15) is 9.67 Å². The molecule has 0 N–H and O–H groups in total. The van der Waals surface area contributed by atoms with Gasteiger partial charge in [0.15, 0.2) is 9.84 Å². The van der Waals surface area contributed by atoms with Crippen LogP contribution in [0.5, 0.6) is 0 Å². The summed E-state index contributed by atoms with van der Waals surface area (Å²) in [6, 6.07) is 7.59. The molecule has 1 fully saturated rings. The monoisotopic (exact) mass is 368 g/mol. The van der Waals surface area contributed by atoms with Gasteiger partial charge in [-0.1, -0.05) is 6.07 Å². The third-order valence-corrected chi connectivity index (χ3v) is 5.95. The van der Waals surface area contributed by atoms with Crippen molar-refractivity contribution in [2.24, 2.45) is 0 Å². The van der Waals surface area contributed by atoms with E-state index in [-0.39, 0.29) is 10.8 Å². The Morgan fingerprint density at radius 1 is 1.17 bits per heavy atom. The number of carbonyl (C=O) groups excluding carboxylic acids is 1. The Balaban J connectivity index is 1.70. The first-order chi connectivity index (χ1) is 11.4. The second kappa shape index (κ2) is 6.52. The maximum atomic E-state index is 14.3. The molecule has 0 atom stereocenters. The van der Waals surface area contributed by atoms with Gasteiger partial charge in [0.2, 0.25) is 0 Å². The lowest BCUT2D eigenvalue weighted by molar-refractivity contribution is 0.0751. The van der Waals surface area contributed by atoms with Gasteiger partial charge in [-0.25, -0.2) is 12.8 Å². The average molecular weight is 368 g/mol. The number of hydrogen-bond acceptors (Lipinski definition) is 5. The van der Waals surface area contributed by atoms with Crippen LogP contribution in [0.2, 0.25) is 0 Å². The van der Waals surface area contributed by atoms with Crippen LogP contribution in [-0.2, 0) is 9.84 Å². The van der Waals surface area contributed by atoms with Crippen molar-refractivity contribution in [3.8, 4) is 0 Å². The molecule has 0 aliphatic carbocycles. The zero-order valence-corrected chi connectivity index (χ0v) is 14.7. The summed E-state index contributed by atoms with van der Waals surface area (Å²) in [5.74, 6) is -0.562. The van der Waals surface area contributed by atoms with E-state index in [1.807, 2.05) is 16.3 Å². The Morgan fingerprint density at radius 2 is 1.88 bits per heavy atom. The largest absolute Gasteiger partial charge is 0.366 e. The van der Waals surface area contributed by atoms with E-state index in [1.54, 1.807) is 11.0 Å². The van der Waals surface area contributed by atoms with Crippen molar-refractivity contribution in [1.82, 2.24) is 4.90 Å². The lowest BCUT2D eigenvalue weighted by atomic mass is 10.2. The summed E-state index contributed by atoms with van der Waals surface area (Å²) in [6.45, 7) is 2.02. The molecule has 2 aromatic rings. The molecular weight excluding hydrogens is 351 g/mol. The third kappa shape index (κ3) is 3.44. The van der Waals surface area contributed by atoms with Gasteiger partial charge in [0.05, 0.1) is 15.5 Å². The highest BCUT2D eigenvalue weighted by molar-refractivity contribution is 7.90. The first-order valence-electron chi connectivity index (χ1n) is 7.43. The summed E-state index contributed by atoms with van der Waals surface area (Å²) < 4.78 is 37.2. The zero-order valence-electron chi connectivity index (χ0n) is 13.1. The van der Waals surface area contributed by atoms with Crippen LogP contribution >= 0.6 is 11.3 Å². The SMILES string of the molecule is CS(=O)(=O)c1ccc(N2CCN(C(=O)c3cccs3)CC2)c(F)c1. The van der Waals surface area contributed by atoms with E-state index in [1.165, 1.54) is 23.5 Å². The molecule has 1 amide bonds.